The third kappa shape index (κ3) is 6.52. The fourth-order valence-corrected chi connectivity index (χ4v) is 7.30. The Kier molecular flexibility index (Phi) is 11.0. The Morgan fingerprint density at radius 2 is 1.51 bits per heavy atom. The number of hydrogen-bond donors (Lipinski definition) is 1. The van der Waals surface area contributed by atoms with Gasteiger partial charge in [0.2, 0.25) is 0 Å². The Labute approximate surface area is 304 Å². The number of carbonyl (C=O) groups excluding carboxylic acids is 1. The standard InChI is InChI=1S/C31H22NO.C13H24O2.Ir/c1-18-13-14-22-26-27-23(16-15-21(30(27)33-29(18)26)19-9-5-4-6-10-19)31(2,3)24-17-20-11-7-8-12-25(20)32-28(22)24;1-5-10(6-2)12(14)9-13(15)11(7-3)8-4;/h4-13,15-17H,1-3H3;9-11,14H,5-8H2,1-4H3;/q-1;;/b;12-9-;. The molecule has 0 saturated carbocycles. The topological polar surface area (TPSA) is 63.3 Å². The molecular formula is C44H46IrNO3-. The Morgan fingerprint density at radius 1 is 0.857 bits per heavy atom. The number of furan rings is 1. The van der Waals surface area contributed by atoms with E-state index in [4.69, 9.17) is 9.40 Å². The predicted octanol–water partition coefficient (Wildman–Crippen LogP) is 12.1. The molecule has 6 aromatic rings. The maximum atomic E-state index is 11.7. The van der Waals surface area contributed by atoms with Crippen molar-refractivity contribution in [3.05, 3.63) is 113 Å². The smallest absolute Gasteiger partial charge is 0.162 e. The minimum atomic E-state index is -0.253. The summed E-state index contributed by atoms with van der Waals surface area (Å²) in [6.45, 7) is 14.8. The van der Waals surface area contributed by atoms with Crippen LogP contribution in [0, 0.1) is 24.8 Å². The zero-order valence-corrected chi connectivity index (χ0v) is 32.0. The number of aromatic nitrogens is 1. The molecule has 4 nitrogen and oxygen atoms in total. The van der Waals surface area contributed by atoms with Crippen molar-refractivity contribution in [2.45, 2.75) is 79.6 Å². The van der Waals surface area contributed by atoms with E-state index in [9.17, 15) is 9.90 Å². The number of rotatable bonds is 8. The van der Waals surface area contributed by atoms with E-state index in [0.29, 0.717) is 0 Å². The number of para-hydroxylation sites is 1. The molecule has 2 heterocycles. The Hall–Kier alpha value is -4.05. The molecule has 0 fully saturated rings. The van der Waals surface area contributed by atoms with Crippen molar-refractivity contribution >= 4 is 38.6 Å². The molecule has 1 aliphatic carbocycles. The Balaban J connectivity index is 0.000000252. The quantitative estimate of drug-likeness (QED) is 0.0943. The first kappa shape index (κ1) is 36.2. The molecule has 5 heteroatoms. The molecule has 255 valence electrons. The van der Waals surface area contributed by atoms with Crippen LogP contribution in [0.4, 0.5) is 0 Å². The number of fused-ring (bicyclic) bond motifs is 3. The van der Waals surface area contributed by atoms with Crippen LogP contribution in [0.3, 0.4) is 0 Å². The number of carbonyl (C=O) groups is 1. The zero-order valence-electron chi connectivity index (χ0n) is 29.6. The minimum absolute atomic E-state index is 0. The van der Waals surface area contributed by atoms with Crippen LogP contribution in [0.15, 0.2) is 95.1 Å². The van der Waals surface area contributed by atoms with Gasteiger partial charge in [-0.25, -0.2) is 0 Å². The minimum Gasteiger partial charge on any atom is -0.512 e. The van der Waals surface area contributed by atoms with Crippen LogP contribution in [0.25, 0.3) is 55.2 Å². The van der Waals surface area contributed by atoms with Gasteiger partial charge in [0.1, 0.15) is 5.58 Å². The molecule has 0 saturated heterocycles. The molecule has 0 atom stereocenters. The number of nitrogens with zero attached hydrogens (tertiary/aromatic N) is 1. The van der Waals surface area contributed by atoms with Crippen molar-refractivity contribution < 1.29 is 34.4 Å². The first-order valence-electron chi connectivity index (χ1n) is 17.5. The van der Waals surface area contributed by atoms with Gasteiger partial charge in [-0.05, 0) is 59.3 Å². The van der Waals surface area contributed by atoms with Gasteiger partial charge >= 0.3 is 0 Å². The first-order chi connectivity index (χ1) is 23.1. The third-order valence-electron chi connectivity index (χ3n) is 10.4. The molecule has 7 rings (SSSR count). The molecule has 4 aromatic carbocycles. The second-order valence-electron chi connectivity index (χ2n) is 13.6. The van der Waals surface area contributed by atoms with Gasteiger partial charge in [-0.2, -0.15) is 0 Å². The molecule has 1 aliphatic rings. The molecule has 0 aliphatic heterocycles. The Bertz CT molecular complexity index is 2150. The molecule has 2 aromatic heterocycles. The van der Waals surface area contributed by atoms with Crippen LogP contribution in [0.1, 0.15) is 83.9 Å². The van der Waals surface area contributed by atoms with E-state index in [1.165, 1.54) is 22.6 Å². The third-order valence-corrected chi connectivity index (χ3v) is 10.4. The van der Waals surface area contributed by atoms with E-state index < -0.39 is 0 Å². The van der Waals surface area contributed by atoms with Gasteiger partial charge in [0.15, 0.2) is 5.78 Å². The second-order valence-corrected chi connectivity index (χ2v) is 13.6. The average Bonchev–Trinajstić information content (AvgIpc) is 3.48. The van der Waals surface area contributed by atoms with Crippen molar-refractivity contribution in [1.29, 1.82) is 0 Å². The monoisotopic (exact) mass is 829 g/mol. The summed E-state index contributed by atoms with van der Waals surface area (Å²) in [6, 6.07) is 31.3. The number of ketones is 1. The largest absolute Gasteiger partial charge is 0.512 e. The summed E-state index contributed by atoms with van der Waals surface area (Å²) in [5.41, 5.74) is 10.5. The van der Waals surface area contributed by atoms with E-state index >= 15 is 0 Å². The molecule has 0 spiro atoms. The van der Waals surface area contributed by atoms with E-state index in [0.717, 1.165) is 81.1 Å². The van der Waals surface area contributed by atoms with E-state index in [1.54, 1.807) is 0 Å². The maximum absolute atomic E-state index is 11.7. The van der Waals surface area contributed by atoms with E-state index in [2.05, 4.69) is 99.6 Å². The van der Waals surface area contributed by atoms with Crippen molar-refractivity contribution in [3.8, 4) is 22.4 Å². The number of pyridine rings is 1. The molecular weight excluding hydrogens is 783 g/mol. The van der Waals surface area contributed by atoms with Crippen LogP contribution >= 0.6 is 0 Å². The SMILES string of the molecule is CCC(CC)C(=O)/C=C(\O)C(CC)CC.Cc1c[c-]c2c3c1oc1c(-c4ccccc4)ccc(c13)C(C)(C)c1cc3ccccc3nc1-2.[Ir]. The van der Waals surface area contributed by atoms with Crippen molar-refractivity contribution in [3.63, 3.8) is 0 Å². The molecule has 0 bridgehead atoms. The Morgan fingerprint density at radius 3 is 2.18 bits per heavy atom. The molecule has 0 amide bonds. The van der Waals surface area contributed by atoms with Crippen molar-refractivity contribution in [2.75, 3.05) is 0 Å². The van der Waals surface area contributed by atoms with Crippen LogP contribution in [0.2, 0.25) is 0 Å². The summed E-state index contributed by atoms with van der Waals surface area (Å²) >= 11 is 0. The van der Waals surface area contributed by atoms with Crippen LogP contribution in [0.5, 0.6) is 0 Å². The van der Waals surface area contributed by atoms with Crippen LogP contribution in [-0.4, -0.2) is 15.9 Å². The summed E-state index contributed by atoms with van der Waals surface area (Å²) in [4.78, 5) is 16.9. The van der Waals surface area contributed by atoms with Gasteiger partial charge in [0.05, 0.1) is 16.9 Å². The van der Waals surface area contributed by atoms with Gasteiger partial charge in [0.25, 0.3) is 0 Å². The summed E-state index contributed by atoms with van der Waals surface area (Å²) in [6.07, 6.45) is 4.91. The first-order valence-corrected chi connectivity index (χ1v) is 17.5. The number of benzene rings is 4. The molecule has 1 N–H and O–H groups in total. The summed E-state index contributed by atoms with van der Waals surface area (Å²) in [5.74, 6) is 0.547. The average molecular weight is 829 g/mol. The number of aliphatic hydroxyl groups is 1. The van der Waals surface area contributed by atoms with Gasteiger partial charge < -0.3 is 9.52 Å². The van der Waals surface area contributed by atoms with Gasteiger partial charge in [-0.1, -0.05) is 132 Å². The number of hydrogen-bond acceptors (Lipinski definition) is 4. The zero-order chi connectivity index (χ0) is 34.2. The van der Waals surface area contributed by atoms with Crippen LogP contribution in [-0.2, 0) is 30.3 Å². The fraction of sp³-hybridized carbons (Fsp3) is 0.318. The second kappa shape index (κ2) is 14.8. The maximum Gasteiger partial charge on any atom is 0.162 e. The number of aryl methyl sites for hydroxylation is 1. The van der Waals surface area contributed by atoms with Crippen LogP contribution < -0.4 is 0 Å². The number of aliphatic hydroxyl groups excluding tert-OH is 1. The summed E-state index contributed by atoms with van der Waals surface area (Å²) < 4.78 is 6.67. The fourth-order valence-electron chi connectivity index (χ4n) is 7.30. The van der Waals surface area contributed by atoms with Crippen molar-refractivity contribution in [1.82, 2.24) is 4.98 Å². The van der Waals surface area contributed by atoms with Gasteiger partial charge in [0, 0.05) is 49.0 Å². The molecule has 0 unspecified atom stereocenters. The van der Waals surface area contributed by atoms with E-state index in [-0.39, 0.29) is 48.9 Å². The molecule has 1 radical (unpaired) electrons. The van der Waals surface area contributed by atoms with Crippen molar-refractivity contribution in [2.24, 2.45) is 11.8 Å². The summed E-state index contributed by atoms with van der Waals surface area (Å²) in [7, 11) is 0. The predicted molar refractivity (Wildman–Crippen MR) is 199 cm³/mol. The van der Waals surface area contributed by atoms with Gasteiger partial charge in [-0.15, -0.1) is 17.7 Å². The summed E-state index contributed by atoms with van der Waals surface area (Å²) in [5, 5.41) is 13.2. The van der Waals surface area contributed by atoms with E-state index in [1.807, 2.05) is 33.8 Å². The van der Waals surface area contributed by atoms with Gasteiger partial charge in [-0.3, -0.25) is 9.78 Å². The normalized spacial score (nSPS) is 13.4. The molecule has 49 heavy (non-hydrogen) atoms. The number of allylic oxidation sites excluding steroid dienone is 2.